The highest BCUT2D eigenvalue weighted by atomic mass is 35.5. The van der Waals surface area contributed by atoms with E-state index in [1.165, 1.54) is 6.07 Å². The lowest BCUT2D eigenvalue weighted by Gasteiger charge is -2.00. The van der Waals surface area contributed by atoms with Gasteiger partial charge in [-0.05, 0) is 31.2 Å². The number of imidazole rings is 1. The Morgan fingerprint density at radius 3 is 2.63 bits per heavy atom. The molecule has 2 nitrogen and oxygen atoms in total. The summed E-state index contributed by atoms with van der Waals surface area (Å²) in [5.74, 6) is 0.149. The Labute approximate surface area is 119 Å². The summed E-state index contributed by atoms with van der Waals surface area (Å²) in [5.41, 5.74) is 2.78. The minimum Gasteiger partial charge on any atom is -0.338 e. The van der Waals surface area contributed by atoms with Crippen molar-refractivity contribution in [1.29, 1.82) is 0 Å². The van der Waals surface area contributed by atoms with Crippen LogP contribution in [0.5, 0.6) is 0 Å². The minimum absolute atomic E-state index is 0.318. The molecule has 0 aliphatic carbocycles. The number of nitrogens with zero attached hydrogens (tertiary/aromatic N) is 1. The van der Waals surface area contributed by atoms with Crippen molar-refractivity contribution in [2.45, 2.75) is 6.92 Å². The van der Waals surface area contributed by atoms with E-state index in [4.69, 9.17) is 23.2 Å². The van der Waals surface area contributed by atoms with E-state index >= 15 is 0 Å². The Bertz CT molecular complexity index is 741. The molecule has 0 radical (unpaired) electrons. The minimum atomic E-state index is -0.318. The standard InChI is InChI=1S/C14H9Cl2FN2/c1-7-2-3-11(17)8(4-7)14-18-12-5-9(15)10(16)6-13(12)19-14/h2-6H,1H3,(H,18,19). The number of fused-ring (bicyclic) bond motifs is 1. The van der Waals surface area contributed by atoms with Gasteiger partial charge in [0.2, 0.25) is 0 Å². The van der Waals surface area contributed by atoms with Crippen LogP contribution in [-0.4, -0.2) is 9.97 Å². The first-order valence-corrected chi connectivity index (χ1v) is 6.41. The van der Waals surface area contributed by atoms with E-state index in [0.29, 0.717) is 26.9 Å². The summed E-state index contributed by atoms with van der Waals surface area (Å²) in [6, 6.07) is 8.24. The lowest BCUT2D eigenvalue weighted by molar-refractivity contribution is 0.630. The smallest absolute Gasteiger partial charge is 0.141 e. The maximum atomic E-state index is 13.8. The fraction of sp³-hybridized carbons (Fsp3) is 0.0714. The molecule has 1 aromatic heterocycles. The van der Waals surface area contributed by atoms with Crippen molar-refractivity contribution in [3.05, 3.63) is 51.8 Å². The number of halogens is 3. The molecule has 5 heteroatoms. The number of hydrogen-bond donors (Lipinski definition) is 1. The molecule has 0 amide bonds. The van der Waals surface area contributed by atoms with Gasteiger partial charge in [0, 0.05) is 0 Å². The number of H-pyrrole nitrogens is 1. The van der Waals surface area contributed by atoms with Crippen LogP contribution in [0, 0.1) is 12.7 Å². The third-order valence-corrected chi connectivity index (χ3v) is 3.62. The predicted molar refractivity (Wildman–Crippen MR) is 76.2 cm³/mol. The maximum Gasteiger partial charge on any atom is 0.141 e. The van der Waals surface area contributed by atoms with Gasteiger partial charge in [-0.25, -0.2) is 9.37 Å². The highest BCUT2D eigenvalue weighted by molar-refractivity contribution is 6.42. The van der Waals surface area contributed by atoms with Crippen molar-refractivity contribution >= 4 is 34.2 Å². The lowest BCUT2D eigenvalue weighted by atomic mass is 10.1. The van der Waals surface area contributed by atoms with Gasteiger partial charge in [0.05, 0.1) is 26.6 Å². The zero-order valence-corrected chi connectivity index (χ0v) is 11.5. The number of aromatic amines is 1. The van der Waals surface area contributed by atoms with Gasteiger partial charge in [-0.2, -0.15) is 0 Å². The number of benzene rings is 2. The molecule has 0 unspecified atom stereocenters. The van der Waals surface area contributed by atoms with Crippen LogP contribution in [0.2, 0.25) is 10.0 Å². The number of nitrogens with one attached hydrogen (secondary N) is 1. The second-order valence-electron chi connectivity index (χ2n) is 4.35. The summed E-state index contributed by atoms with van der Waals surface area (Å²) in [5, 5.41) is 0.867. The average molecular weight is 295 g/mol. The van der Waals surface area contributed by atoms with Crippen LogP contribution < -0.4 is 0 Å². The van der Waals surface area contributed by atoms with Gasteiger partial charge in [0.25, 0.3) is 0 Å². The summed E-state index contributed by atoms with van der Waals surface area (Å²) >= 11 is 11.9. The Kier molecular flexibility index (Phi) is 2.96. The Hall–Kier alpha value is -1.58. The van der Waals surface area contributed by atoms with E-state index in [0.717, 1.165) is 11.1 Å². The number of aryl methyl sites for hydroxylation is 1. The van der Waals surface area contributed by atoms with Crippen LogP contribution in [0.25, 0.3) is 22.4 Å². The zero-order valence-electron chi connectivity index (χ0n) is 9.97. The first-order valence-electron chi connectivity index (χ1n) is 5.66. The molecule has 1 N–H and O–H groups in total. The largest absolute Gasteiger partial charge is 0.338 e. The summed E-state index contributed by atoms with van der Waals surface area (Å²) in [7, 11) is 0. The number of hydrogen-bond acceptors (Lipinski definition) is 1. The average Bonchev–Trinajstić information content (AvgIpc) is 2.75. The molecule has 19 heavy (non-hydrogen) atoms. The highest BCUT2D eigenvalue weighted by Gasteiger charge is 2.11. The Morgan fingerprint density at radius 1 is 1.11 bits per heavy atom. The van der Waals surface area contributed by atoms with Gasteiger partial charge in [-0.3, -0.25) is 0 Å². The van der Waals surface area contributed by atoms with Crippen LogP contribution in [-0.2, 0) is 0 Å². The molecule has 0 aliphatic rings. The first kappa shape index (κ1) is 12.5. The van der Waals surface area contributed by atoms with Gasteiger partial charge in [-0.1, -0.05) is 34.8 Å². The van der Waals surface area contributed by atoms with Crippen molar-refractivity contribution in [1.82, 2.24) is 9.97 Å². The Morgan fingerprint density at radius 2 is 1.84 bits per heavy atom. The quantitative estimate of drug-likeness (QED) is 0.673. The third kappa shape index (κ3) is 2.20. The van der Waals surface area contributed by atoms with E-state index in [1.807, 2.05) is 6.92 Å². The SMILES string of the molecule is Cc1ccc(F)c(-c2nc3cc(Cl)c(Cl)cc3[nH]2)c1. The first-order chi connectivity index (χ1) is 9.04. The second kappa shape index (κ2) is 4.51. The van der Waals surface area contributed by atoms with Crippen molar-refractivity contribution in [2.24, 2.45) is 0 Å². The molecule has 0 atom stereocenters. The highest BCUT2D eigenvalue weighted by Crippen LogP contribution is 2.29. The van der Waals surface area contributed by atoms with Gasteiger partial charge >= 0.3 is 0 Å². The van der Waals surface area contributed by atoms with E-state index in [-0.39, 0.29) is 5.82 Å². The third-order valence-electron chi connectivity index (χ3n) is 2.90. The zero-order chi connectivity index (χ0) is 13.6. The van der Waals surface area contributed by atoms with E-state index in [1.54, 1.807) is 24.3 Å². The van der Waals surface area contributed by atoms with Crippen LogP contribution in [0.3, 0.4) is 0 Å². The Balaban J connectivity index is 2.23. The summed E-state index contributed by atoms with van der Waals surface area (Å²) in [4.78, 5) is 7.40. The summed E-state index contributed by atoms with van der Waals surface area (Å²) in [6.07, 6.45) is 0. The van der Waals surface area contributed by atoms with Crippen molar-refractivity contribution in [2.75, 3.05) is 0 Å². The normalized spacial score (nSPS) is 11.2. The topological polar surface area (TPSA) is 28.7 Å². The molecule has 0 saturated carbocycles. The molecule has 0 saturated heterocycles. The van der Waals surface area contributed by atoms with Crippen LogP contribution >= 0.6 is 23.2 Å². The fourth-order valence-corrected chi connectivity index (χ4v) is 2.27. The van der Waals surface area contributed by atoms with Crippen molar-refractivity contribution < 1.29 is 4.39 Å². The lowest BCUT2D eigenvalue weighted by Crippen LogP contribution is -1.87. The van der Waals surface area contributed by atoms with E-state index < -0.39 is 0 Å². The molecule has 3 rings (SSSR count). The van der Waals surface area contributed by atoms with Gasteiger partial charge in [-0.15, -0.1) is 0 Å². The van der Waals surface area contributed by atoms with E-state index in [9.17, 15) is 4.39 Å². The molecular weight excluding hydrogens is 286 g/mol. The van der Waals surface area contributed by atoms with Crippen LogP contribution in [0.15, 0.2) is 30.3 Å². The molecule has 96 valence electrons. The molecule has 3 aromatic rings. The number of aromatic nitrogens is 2. The molecule has 0 bridgehead atoms. The molecular formula is C14H9Cl2FN2. The summed E-state index contributed by atoms with van der Waals surface area (Å²) in [6.45, 7) is 1.90. The number of rotatable bonds is 1. The second-order valence-corrected chi connectivity index (χ2v) is 5.17. The predicted octanol–water partition coefficient (Wildman–Crippen LogP) is 4.98. The van der Waals surface area contributed by atoms with Gasteiger partial charge in [0.1, 0.15) is 11.6 Å². The maximum absolute atomic E-state index is 13.8. The van der Waals surface area contributed by atoms with E-state index in [2.05, 4.69) is 9.97 Å². The van der Waals surface area contributed by atoms with Gasteiger partial charge in [0.15, 0.2) is 0 Å². The molecule has 0 spiro atoms. The molecule has 0 aliphatic heterocycles. The van der Waals surface area contributed by atoms with Crippen LogP contribution in [0.4, 0.5) is 4.39 Å². The monoisotopic (exact) mass is 294 g/mol. The summed E-state index contributed by atoms with van der Waals surface area (Å²) < 4.78 is 13.8. The van der Waals surface area contributed by atoms with Crippen molar-refractivity contribution in [3.63, 3.8) is 0 Å². The molecule has 1 heterocycles. The molecule has 0 fully saturated rings. The fourth-order valence-electron chi connectivity index (χ4n) is 1.95. The van der Waals surface area contributed by atoms with Crippen LogP contribution in [0.1, 0.15) is 5.56 Å². The van der Waals surface area contributed by atoms with Crippen molar-refractivity contribution in [3.8, 4) is 11.4 Å². The molecule has 2 aromatic carbocycles. The van der Waals surface area contributed by atoms with Gasteiger partial charge < -0.3 is 4.98 Å².